The summed E-state index contributed by atoms with van der Waals surface area (Å²) >= 11 is 0. The van der Waals surface area contributed by atoms with Gasteiger partial charge in [-0.1, -0.05) is 12.8 Å². The minimum Gasteiger partial charge on any atom is -0.479 e. The van der Waals surface area contributed by atoms with Crippen LogP contribution in [0.4, 0.5) is 5.69 Å². The zero-order chi connectivity index (χ0) is 14.5. The van der Waals surface area contributed by atoms with Gasteiger partial charge >= 0.3 is 5.69 Å². The van der Waals surface area contributed by atoms with Gasteiger partial charge in [-0.15, -0.1) is 0 Å². The van der Waals surface area contributed by atoms with E-state index in [-0.39, 0.29) is 35.3 Å². The Kier molecular flexibility index (Phi) is 4.31. The maximum absolute atomic E-state index is 11.9. The van der Waals surface area contributed by atoms with Crippen molar-refractivity contribution in [3.63, 3.8) is 0 Å². The Morgan fingerprint density at radius 1 is 1.45 bits per heavy atom. The van der Waals surface area contributed by atoms with E-state index in [4.69, 9.17) is 10.00 Å². The van der Waals surface area contributed by atoms with Crippen LogP contribution < -0.4 is 4.74 Å². The van der Waals surface area contributed by atoms with E-state index in [0.717, 1.165) is 31.7 Å². The lowest BCUT2D eigenvalue weighted by atomic mass is 10.0. The monoisotopic (exact) mass is 274 g/mol. The summed E-state index contributed by atoms with van der Waals surface area (Å²) in [6.45, 7) is -0.155. The fourth-order valence-electron chi connectivity index (χ4n) is 2.37. The van der Waals surface area contributed by atoms with Gasteiger partial charge in [-0.05, 0) is 25.0 Å². The molecule has 1 saturated carbocycles. The lowest BCUT2D eigenvalue weighted by molar-refractivity contribution is -0.385. The highest BCUT2D eigenvalue weighted by atomic mass is 16.6. The molecule has 0 unspecified atom stereocenters. The van der Waals surface area contributed by atoms with Crippen LogP contribution in [0.5, 0.6) is 5.75 Å². The smallest absolute Gasteiger partial charge is 0.312 e. The molecular formula is C14H14N2O4. The Bertz CT molecular complexity index is 571. The number of nitro groups is 1. The topological polar surface area (TPSA) is 93.2 Å². The first kappa shape index (κ1) is 14.0. The molecule has 0 N–H and O–H groups in total. The fraction of sp³-hybridized carbons (Fsp3) is 0.429. The second-order valence-corrected chi connectivity index (χ2v) is 4.79. The highest BCUT2D eigenvalue weighted by Crippen LogP contribution is 2.29. The van der Waals surface area contributed by atoms with E-state index in [1.54, 1.807) is 0 Å². The van der Waals surface area contributed by atoms with E-state index >= 15 is 0 Å². The minimum absolute atomic E-state index is 0.0128. The van der Waals surface area contributed by atoms with Gasteiger partial charge in [0.05, 0.1) is 16.6 Å². The van der Waals surface area contributed by atoms with Crippen molar-refractivity contribution in [2.24, 2.45) is 5.92 Å². The van der Waals surface area contributed by atoms with E-state index in [0.29, 0.717) is 0 Å². The first-order valence-electron chi connectivity index (χ1n) is 6.46. The van der Waals surface area contributed by atoms with Gasteiger partial charge < -0.3 is 4.74 Å². The van der Waals surface area contributed by atoms with Crippen molar-refractivity contribution in [2.45, 2.75) is 25.7 Å². The molecule has 1 aromatic carbocycles. The number of nitro benzene ring substituents is 1. The lowest BCUT2D eigenvalue weighted by Gasteiger charge is -2.09. The highest BCUT2D eigenvalue weighted by Gasteiger charge is 2.24. The third-order valence-corrected chi connectivity index (χ3v) is 3.47. The summed E-state index contributed by atoms with van der Waals surface area (Å²) in [5.74, 6) is 0.0361. The van der Waals surface area contributed by atoms with Crippen LogP contribution in [0, 0.1) is 27.4 Å². The van der Waals surface area contributed by atoms with Crippen LogP contribution in [0.2, 0.25) is 0 Å². The van der Waals surface area contributed by atoms with Gasteiger partial charge in [0, 0.05) is 12.0 Å². The van der Waals surface area contributed by atoms with E-state index in [2.05, 4.69) is 0 Å². The highest BCUT2D eigenvalue weighted by molar-refractivity contribution is 5.82. The number of rotatable bonds is 5. The summed E-state index contributed by atoms with van der Waals surface area (Å²) in [4.78, 5) is 22.2. The quantitative estimate of drug-likeness (QED) is 0.607. The van der Waals surface area contributed by atoms with Gasteiger partial charge in [-0.2, -0.15) is 5.26 Å². The molecular weight excluding hydrogens is 260 g/mol. The van der Waals surface area contributed by atoms with Crippen LogP contribution in [-0.4, -0.2) is 17.3 Å². The van der Waals surface area contributed by atoms with Crippen LogP contribution in [0.1, 0.15) is 31.2 Å². The Morgan fingerprint density at radius 2 is 2.15 bits per heavy atom. The fourth-order valence-corrected chi connectivity index (χ4v) is 2.37. The molecule has 6 heteroatoms. The van der Waals surface area contributed by atoms with E-state index in [1.807, 2.05) is 6.07 Å². The van der Waals surface area contributed by atoms with E-state index < -0.39 is 4.92 Å². The maximum Gasteiger partial charge on any atom is 0.312 e. The molecule has 0 saturated heterocycles. The van der Waals surface area contributed by atoms with Crippen molar-refractivity contribution < 1.29 is 14.5 Å². The number of carbonyl (C=O) groups is 1. The van der Waals surface area contributed by atoms with Gasteiger partial charge in [0.25, 0.3) is 0 Å². The number of carbonyl (C=O) groups excluding carboxylic acids is 1. The van der Waals surface area contributed by atoms with Gasteiger partial charge in [0.1, 0.15) is 6.61 Å². The Hall–Kier alpha value is -2.42. The summed E-state index contributed by atoms with van der Waals surface area (Å²) in [6, 6.07) is 5.77. The number of hydrogen-bond acceptors (Lipinski definition) is 5. The summed E-state index contributed by atoms with van der Waals surface area (Å²) in [7, 11) is 0. The van der Waals surface area contributed by atoms with Crippen LogP contribution in [-0.2, 0) is 4.79 Å². The molecule has 6 nitrogen and oxygen atoms in total. The summed E-state index contributed by atoms with van der Waals surface area (Å²) in [6.07, 6.45) is 3.84. The van der Waals surface area contributed by atoms with Crippen molar-refractivity contribution >= 4 is 11.5 Å². The lowest BCUT2D eigenvalue weighted by Crippen LogP contribution is -2.19. The van der Waals surface area contributed by atoms with Gasteiger partial charge in [0.15, 0.2) is 11.5 Å². The average molecular weight is 274 g/mol. The third-order valence-electron chi connectivity index (χ3n) is 3.47. The molecule has 104 valence electrons. The number of hydrogen-bond donors (Lipinski definition) is 0. The van der Waals surface area contributed by atoms with Crippen LogP contribution >= 0.6 is 0 Å². The minimum atomic E-state index is -0.615. The number of nitriles is 1. The Labute approximate surface area is 116 Å². The summed E-state index contributed by atoms with van der Waals surface area (Å²) < 4.78 is 5.27. The van der Waals surface area contributed by atoms with E-state index in [9.17, 15) is 14.9 Å². The molecule has 0 heterocycles. The SMILES string of the molecule is N#Cc1ccc(OCC(=O)C2CCCC2)c([N+](=O)[O-])c1. The van der Waals surface area contributed by atoms with Crippen molar-refractivity contribution in [3.8, 4) is 11.8 Å². The zero-order valence-corrected chi connectivity index (χ0v) is 10.9. The molecule has 1 fully saturated rings. The predicted octanol–water partition coefficient (Wildman–Crippen LogP) is 2.60. The molecule has 0 amide bonds. The van der Waals surface area contributed by atoms with E-state index in [1.165, 1.54) is 12.1 Å². The number of benzene rings is 1. The van der Waals surface area contributed by atoms with Crippen molar-refractivity contribution in [2.75, 3.05) is 6.61 Å². The first-order valence-corrected chi connectivity index (χ1v) is 6.46. The van der Waals surface area contributed by atoms with Gasteiger partial charge in [-0.3, -0.25) is 14.9 Å². The molecule has 0 spiro atoms. The average Bonchev–Trinajstić information content (AvgIpc) is 2.98. The van der Waals surface area contributed by atoms with Crippen molar-refractivity contribution in [1.82, 2.24) is 0 Å². The molecule has 1 aromatic rings. The molecule has 2 rings (SSSR count). The summed E-state index contributed by atoms with van der Waals surface area (Å²) in [5.41, 5.74) is -0.102. The van der Waals surface area contributed by atoms with Crippen LogP contribution in [0.3, 0.4) is 0 Å². The number of nitrogens with zero attached hydrogens (tertiary/aromatic N) is 2. The second-order valence-electron chi connectivity index (χ2n) is 4.79. The molecule has 20 heavy (non-hydrogen) atoms. The Morgan fingerprint density at radius 3 is 2.75 bits per heavy atom. The van der Waals surface area contributed by atoms with Crippen LogP contribution in [0.15, 0.2) is 18.2 Å². The zero-order valence-electron chi connectivity index (χ0n) is 10.9. The molecule has 0 aliphatic heterocycles. The predicted molar refractivity (Wildman–Crippen MR) is 70.3 cm³/mol. The van der Waals surface area contributed by atoms with Crippen molar-refractivity contribution in [3.05, 3.63) is 33.9 Å². The largest absolute Gasteiger partial charge is 0.479 e. The maximum atomic E-state index is 11.9. The first-order chi connectivity index (χ1) is 9.61. The van der Waals surface area contributed by atoms with Gasteiger partial charge in [-0.25, -0.2) is 0 Å². The molecule has 0 bridgehead atoms. The van der Waals surface area contributed by atoms with Crippen LogP contribution in [0.25, 0.3) is 0 Å². The molecule has 0 aromatic heterocycles. The third kappa shape index (κ3) is 3.12. The molecule has 0 radical (unpaired) electrons. The Balaban J connectivity index is 2.07. The number of ketones is 1. The molecule has 0 atom stereocenters. The molecule has 1 aliphatic rings. The number of ether oxygens (including phenoxy) is 1. The normalized spacial score (nSPS) is 14.8. The second kappa shape index (κ2) is 6.15. The number of Topliss-reactive ketones (excluding diaryl/α,β-unsaturated/α-hetero) is 1. The molecule has 1 aliphatic carbocycles. The van der Waals surface area contributed by atoms with Gasteiger partial charge in [0.2, 0.25) is 0 Å². The summed E-state index contributed by atoms with van der Waals surface area (Å²) in [5, 5.41) is 19.7. The van der Waals surface area contributed by atoms with Crippen molar-refractivity contribution in [1.29, 1.82) is 5.26 Å². The standard InChI is InChI=1S/C14H14N2O4/c15-8-10-5-6-14(12(7-10)16(18)19)20-9-13(17)11-3-1-2-4-11/h5-7,11H,1-4,9H2.